The maximum absolute atomic E-state index is 14.7. The minimum absolute atomic E-state index is 0.0363. The van der Waals surface area contributed by atoms with Gasteiger partial charge in [0.1, 0.15) is 0 Å². The van der Waals surface area contributed by atoms with E-state index in [1.54, 1.807) is 52.2 Å². The molecule has 1 aliphatic carbocycles. The first-order valence-corrected chi connectivity index (χ1v) is 20.7. The number of nitrogens with zero attached hydrogens (tertiary/aromatic N) is 8. The number of aromatic nitrogens is 6. The van der Waals surface area contributed by atoms with Crippen molar-refractivity contribution in [1.82, 2.24) is 30.4 Å². The average molecular weight is 855 g/mol. The number of aryl methyl sites for hydroxylation is 3. The molecule has 0 saturated carbocycles. The predicted molar refractivity (Wildman–Crippen MR) is 227 cm³/mol. The van der Waals surface area contributed by atoms with Gasteiger partial charge in [-0.05, 0) is 100 Å². The van der Waals surface area contributed by atoms with E-state index in [0.29, 0.717) is 87.7 Å². The zero-order valence-corrected chi connectivity index (χ0v) is 34.9. The van der Waals surface area contributed by atoms with Crippen LogP contribution in [0, 0.1) is 6.92 Å². The van der Waals surface area contributed by atoms with Crippen molar-refractivity contribution in [3.63, 3.8) is 0 Å². The molecule has 9 rings (SSSR count). The van der Waals surface area contributed by atoms with Crippen LogP contribution < -0.4 is 20.4 Å². The molecule has 62 heavy (non-hydrogen) atoms. The van der Waals surface area contributed by atoms with Crippen LogP contribution >= 0.6 is 0 Å². The zero-order chi connectivity index (χ0) is 43.9. The minimum Gasteiger partial charge on any atom is -0.386 e. The number of nitrogens with one attached hydrogen (secondary N) is 2. The van der Waals surface area contributed by atoms with Crippen LogP contribution in [0.15, 0.2) is 60.9 Å². The summed E-state index contributed by atoms with van der Waals surface area (Å²) < 4.78 is 72.8. The number of anilines is 4. The molecule has 6 heterocycles. The highest BCUT2D eigenvalue weighted by Crippen LogP contribution is 2.45. The second kappa shape index (κ2) is 14.9. The summed E-state index contributed by atoms with van der Waals surface area (Å²) in [6.45, 7) is 10.6. The Morgan fingerprint density at radius 1 is 0.758 bits per heavy atom. The van der Waals surface area contributed by atoms with Crippen LogP contribution in [-0.4, -0.2) is 78.0 Å². The van der Waals surface area contributed by atoms with E-state index in [9.17, 15) is 32.2 Å². The van der Waals surface area contributed by atoms with Gasteiger partial charge in [-0.2, -0.15) is 23.4 Å². The second-order valence-corrected chi connectivity index (χ2v) is 17.8. The maximum Gasteiger partial charge on any atom is 0.416 e. The molecule has 0 unspecified atom stereocenters. The van der Waals surface area contributed by atoms with Crippen LogP contribution in [0.3, 0.4) is 0 Å². The van der Waals surface area contributed by atoms with E-state index in [-0.39, 0.29) is 31.2 Å². The summed E-state index contributed by atoms with van der Waals surface area (Å²) in [4.78, 5) is 13.4. The van der Waals surface area contributed by atoms with E-state index < -0.39 is 40.9 Å². The van der Waals surface area contributed by atoms with Crippen molar-refractivity contribution < 1.29 is 32.2 Å². The Labute approximate surface area is 354 Å². The Kier molecular flexibility index (Phi) is 10.0. The van der Waals surface area contributed by atoms with Gasteiger partial charge in [-0.3, -0.25) is 9.97 Å². The Bertz CT molecular complexity index is 2710. The van der Waals surface area contributed by atoms with E-state index in [0.717, 1.165) is 29.1 Å². The molecule has 0 bridgehead atoms. The first kappa shape index (κ1) is 41.5. The van der Waals surface area contributed by atoms with Crippen molar-refractivity contribution in [2.75, 3.05) is 46.6 Å². The molecule has 4 N–H and O–H groups in total. The highest BCUT2D eigenvalue weighted by Gasteiger charge is 2.41. The molecule has 324 valence electrons. The first-order valence-electron chi connectivity index (χ1n) is 20.7. The molecule has 2 saturated heterocycles. The van der Waals surface area contributed by atoms with Crippen molar-refractivity contribution in [3.05, 3.63) is 106 Å². The lowest BCUT2D eigenvalue weighted by Crippen LogP contribution is -2.60. The molecular formula is C45H47F5N10O2. The number of rotatable bonds is 11. The molecule has 2 aliphatic heterocycles. The zero-order valence-electron chi connectivity index (χ0n) is 34.9. The van der Waals surface area contributed by atoms with Crippen LogP contribution in [-0.2, 0) is 31.4 Å². The Balaban J connectivity index is 1.01. The van der Waals surface area contributed by atoms with Gasteiger partial charge in [0.05, 0.1) is 75.0 Å². The van der Waals surface area contributed by atoms with Gasteiger partial charge in [0.2, 0.25) is 0 Å². The molecule has 17 heteroatoms. The van der Waals surface area contributed by atoms with Gasteiger partial charge >= 0.3 is 6.18 Å². The largest absolute Gasteiger partial charge is 0.416 e. The van der Waals surface area contributed by atoms with E-state index >= 15 is 0 Å². The number of benzene rings is 2. The maximum atomic E-state index is 14.7. The third-order valence-corrected chi connectivity index (χ3v) is 12.3. The lowest BCUT2D eigenvalue weighted by atomic mass is 9.96. The fraction of sp³-hybridized carbons (Fsp3) is 0.422. The first-order chi connectivity index (χ1) is 29.2. The number of pyridine rings is 2. The van der Waals surface area contributed by atoms with Gasteiger partial charge in [0, 0.05) is 48.9 Å². The third-order valence-electron chi connectivity index (χ3n) is 12.3. The van der Waals surface area contributed by atoms with Crippen LogP contribution in [0.5, 0.6) is 0 Å². The molecular weight excluding hydrogens is 808 g/mol. The van der Waals surface area contributed by atoms with Gasteiger partial charge in [-0.1, -0.05) is 24.3 Å². The highest BCUT2D eigenvalue weighted by atomic mass is 19.4. The quantitative estimate of drug-likeness (QED) is 0.0937. The van der Waals surface area contributed by atoms with Crippen molar-refractivity contribution in [2.45, 2.75) is 95.7 Å². The standard InChI is InChI=1S/C45H47F5N10O2/c1-24(53-40-34-16-30(59-20-42(4,61)21-59)18-51-38(34)26(3)55-57-40)28-13-27(14-29(15-28)45(48,49)50)9-10-37-39-35(17-31(19-52-39)60-22-43(5,62)23-60)41(58-56-37)54-25(2)32-7-6-8-36-33(32)11-12-44(36,46)47/h6-8,13-19,24-25,61-62H,9-12,20-23H2,1-5H3,(H,53,57)(H,54,58)/t24-,25-/m1/s1. The molecule has 2 fully saturated rings. The molecule has 12 nitrogen and oxygen atoms in total. The van der Waals surface area contributed by atoms with Crippen molar-refractivity contribution in [1.29, 1.82) is 0 Å². The van der Waals surface area contributed by atoms with Gasteiger partial charge in [-0.15, -0.1) is 10.2 Å². The smallest absolute Gasteiger partial charge is 0.386 e. The molecule has 0 radical (unpaired) electrons. The van der Waals surface area contributed by atoms with Crippen LogP contribution in [0.2, 0.25) is 0 Å². The van der Waals surface area contributed by atoms with Gasteiger partial charge in [-0.25, -0.2) is 8.78 Å². The fourth-order valence-electron chi connectivity index (χ4n) is 9.03. The number of fused-ring (bicyclic) bond motifs is 3. The number of halogens is 5. The van der Waals surface area contributed by atoms with Crippen LogP contribution in [0.4, 0.5) is 45.0 Å². The van der Waals surface area contributed by atoms with Crippen molar-refractivity contribution >= 4 is 44.8 Å². The summed E-state index contributed by atoms with van der Waals surface area (Å²) in [7, 11) is 0. The monoisotopic (exact) mass is 854 g/mol. The molecule has 3 aliphatic rings. The number of β-amino-alcohol motifs (C(OH)–C–C–N with tert-alkyl or cyclic N) is 2. The summed E-state index contributed by atoms with van der Waals surface area (Å²) in [5, 5.41) is 46.4. The molecule has 2 aromatic carbocycles. The van der Waals surface area contributed by atoms with Gasteiger partial charge < -0.3 is 30.6 Å². The van der Waals surface area contributed by atoms with Crippen molar-refractivity contribution in [2.24, 2.45) is 0 Å². The summed E-state index contributed by atoms with van der Waals surface area (Å²) in [5.41, 5.74) is 3.45. The SMILES string of the molecule is Cc1nnc(N[C@H](C)c2cc(CCc3nnc(N[C@H](C)c4cccc5c4CCC5(F)F)c4cc(N5CC(C)(O)C5)cnc34)cc(C(F)(F)F)c2)c2cc(N3CC(C)(O)C3)cnc12. The van der Waals surface area contributed by atoms with E-state index in [1.807, 2.05) is 34.9 Å². The van der Waals surface area contributed by atoms with Crippen molar-refractivity contribution in [3.8, 4) is 0 Å². The molecule has 0 amide bonds. The number of alkyl halides is 5. The number of hydrogen-bond acceptors (Lipinski definition) is 12. The minimum atomic E-state index is -4.62. The van der Waals surface area contributed by atoms with Gasteiger partial charge in [0.15, 0.2) is 11.6 Å². The van der Waals surface area contributed by atoms with E-state index in [1.165, 1.54) is 6.07 Å². The number of hydrogen-bond donors (Lipinski definition) is 4. The molecule has 2 atom stereocenters. The topological polar surface area (TPSA) is 148 Å². The summed E-state index contributed by atoms with van der Waals surface area (Å²) >= 11 is 0. The molecule has 0 spiro atoms. The average Bonchev–Trinajstić information content (AvgIpc) is 3.52. The summed E-state index contributed by atoms with van der Waals surface area (Å²) in [6.07, 6.45) is -0.836. The molecule has 4 aromatic heterocycles. The fourth-order valence-corrected chi connectivity index (χ4v) is 9.03. The summed E-state index contributed by atoms with van der Waals surface area (Å²) in [5.74, 6) is -2.14. The van der Waals surface area contributed by atoms with Crippen LogP contribution in [0.25, 0.3) is 21.8 Å². The predicted octanol–water partition coefficient (Wildman–Crippen LogP) is 8.00. The van der Waals surface area contributed by atoms with E-state index in [4.69, 9.17) is 4.98 Å². The van der Waals surface area contributed by atoms with E-state index in [2.05, 4.69) is 36.0 Å². The lowest BCUT2D eigenvalue weighted by Gasteiger charge is -2.45. The molecule has 6 aromatic rings. The Morgan fingerprint density at radius 3 is 1.98 bits per heavy atom. The normalized spacial score (nSPS) is 18.6. The third kappa shape index (κ3) is 7.91. The summed E-state index contributed by atoms with van der Waals surface area (Å²) in [6, 6.07) is 11.7. The Hall–Kier alpha value is -5.81. The van der Waals surface area contributed by atoms with Crippen LogP contribution in [0.1, 0.15) is 91.0 Å². The van der Waals surface area contributed by atoms with Gasteiger partial charge in [0.25, 0.3) is 5.92 Å². The number of aliphatic hydroxyl groups is 2. The highest BCUT2D eigenvalue weighted by molar-refractivity contribution is 5.93. The second-order valence-electron chi connectivity index (χ2n) is 17.8. The lowest BCUT2D eigenvalue weighted by molar-refractivity contribution is -0.137. The Morgan fingerprint density at radius 2 is 1.35 bits per heavy atom.